The summed E-state index contributed by atoms with van der Waals surface area (Å²) in [6.07, 6.45) is 56.8. The molecule has 0 rings (SSSR count). The third-order valence-electron chi connectivity index (χ3n) is 11.4. The number of ether oxygens (including phenoxy) is 1. The maximum Gasteiger partial charge on any atom is 0.305 e. The summed E-state index contributed by atoms with van der Waals surface area (Å²) in [6, 6.07) is -0.561. The van der Waals surface area contributed by atoms with Crippen molar-refractivity contribution in [3.05, 3.63) is 36.5 Å². The first-order chi connectivity index (χ1) is 28.5. The van der Waals surface area contributed by atoms with E-state index in [0.717, 1.165) is 89.9 Å². The number of esters is 1. The fraction of sp³-hybridized carbons (Fsp3) is 0.846. The van der Waals surface area contributed by atoms with Crippen LogP contribution in [0, 0.1) is 0 Å². The van der Waals surface area contributed by atoms with Gasteiger partial charge in [0.15, 0.2) is 0 Å². The molecule has 3 N–H and O–H groups in total. The van der Waals surface area contributed by atoms with Gasteiger partial charge in [-0.3, -0.25) is 9.59 Å². The number of aliphatic hydroxyl groups excluding tert-OH is 2. The van der Waals surface area contributed by atoms with Crippen molar-refractivity contribution in [3.8, 4) is 0 Å². The molecule has 0 aliphatic rings. The number of hydrogen-bond acceptors (Lipinski definition) is 5. The van der Waals surface area contributed by atoms with E-state index in [1.165, 1.54) is 135 Å². The van der Waals surface area contributed by atoms with Crippen molar-refractivity contribution in [1.29, 1.82) is 0 Å². The number of nitrogens with one attached hydrogen (secondary N) is 1. The Balaban J connectivity index is 3.53. The molecular weight excluding hydrogens is 719 g/mol. The molecule has 2 atom stereocenters. The highest BCUT2D eigenvalue weighted by Gasteiger charge is 2.20. The molecule has 0 bridgehead atoms. The van der Waals surface area contributed by atoms with Crippen LogP contribution in [-0.4, -0.2) is 47.4 Å². The Hall–Kier alpha value is -1.92. The highest BCUT2D eigenvalue weighted by atomic mass is 16.5. The van der Waals surface area contributed by atoms with E-state index in [1.54, 1.807) is 0 Å². The van der Waals surface area contributed by atoms with Crippen LogP contribution in [0.2, 0.25) is 0 Å². The Kier molecular flexibility index (Phi) is 46.2. The second kappa shape index (κ2) is 47.8. The standard InChI is InChI=1S/C52H97NO5/c1-3-5-7-9-11-13-15-17-19-20-24-28-32-36-40-44-50(55)49(48-54)53-51(56)45-41-37-33-29-25-22-23-27-31-35-39-43-47-58-52(57)46-42-38-34-30-26-21-18-16-14-12-10-8-6-4-2/h10,12,16,18,23,27,49-50,54-55H,3-9,11,13-15,17,19-22,24-26,28-48H2,1-2H3,(H,53,56)/b12-10-,18-16-,27-23-. The van der Waals surface area contributed by atoms with Crippen molar-refractivity contribution >= 4 is 11.9 Å². The lowest BCUT2D eigenvalue weighted by molar-refractivity contribution is -0.143. The van der Waals surface area contributed by atoms with Gasteiger partial charge >= 0.3 is 5.97 Å². The average Bonchev–Trinajstić information content (AvgIpc) is 3.22. The maximum atomic E-state index is 12.4. The molecule has 0 aliphatic carbocycles. The number of allylic oxidation sites excluding steroid dienone is 6. The quantitative estimate of drug-likeness (QED) is 0.0323. The Labute approximate surface area is 360 Å². The Morgan fingerprint density at radius 1 is 0.483 bits per heavy atom. The molecule has 0 fully saturated rings. The van der Waals surface area contributed by atoms with Crippen molar-refractivity contribution in [2.75, 3.05) is 13.2 Å². The van der Waals surface area contributed by atoms with Gasteiger partial charge in [0.25, 0.3) is 0 Å². The van der Waals surface area contributed by atoms with Gasteiger partial charge in [-0.1, -0.05) is 198 Å². The van der Waals surface area contributed by atoms with E-state index in [9.17, 15) is 19.8 Å². The van der Waals surface area contributed by atoms with Crippen molar-refractivity contribution < 1.29 is 24.5 Å². The highest BCUT2D eigenvalue weighted by Crippen LogP contribution is 2.16. The molecule has 0 saturated heterocycles. The molecule has 6 nitrogen and oxygen atoms in total. The lowest BCUT2D eigenvalue weighted by Crippen LogP contribution is -2.45. The van der Waals surface area contributed by atoms with E-state index in [0.29, 0.717) is 25.9 Å². The predicted molar refractivity (Wildman–Crippen MR) is 250 cm³/mol. The van der Waals surface area contributed by atoms with Gasteiger partial charge in [-0.05, 0) is 83.5 Å². The van der Waals surface area contributed by atoms with Crippen LogP contribution in [0.5, 0.6) is 0 Å². The number of amides is 1. The van der Waals surface area contributed by atoms with Crippen molar-refractivity contribution in [2.45, 2.75) is 270 Å². The van der Waals surface area contributed by atoms with Gasteiger partial charge in [-0.25, -0.2) is 0 Å². The third-order valence-corrected chi connectivity index (χ3v) is 11.4. The molecular formula is C52H97NO5. The molecule has 0 heterocycles. The third kappa shape index (κ3) is 43.7. The van der Waals surface area contributed by atoms with Crippen LogP contribution in [0.15, 0.2) is 36.5 Å². The number of unbranched alkanes of at least 4 members (excludes halogenated alkanes) is 29. The number of carbonyl (C=O) groups excluding carboxylic acids is 2. The van der Waals surface area contributed by atoms with Crippen molar-refractivity contribution in [3.63, 3.8) is 0 Å². The Bertz CT molecular complexity index is 946. The lowest BCUT2D eigenvalue weighted by atomic mass is 10.0. The molecule has 0 radical (unpaired) electrons. The molecule has 0 saturated carbocycles. The van der Waals surface area contributed by atoms with Gasteiger partial charge in [0.1, 0.15) is 0 Å². The van der Waals surface area contributed by atoms with Crippen LogP contribution in [0.25, 0.3) is 0 Å². The number of rotatable bonds is 46. The summed E-state index contributed by atoms with van der Waals surface area (Å²) in [7, 11) is 0. The predicted octanol–water partition coefficient (Wildman–Crippen LogP) is 14.9. The first kappa shape index (κ1) is 56.1. The van der Waals surface area contributed by atoms with Crippen molar-refractivity contribution in [1.82, 2.24) is 5.32 Å². The summed E-state index contributed by atoms with van der Waals surface area (Å²) in [6.45, 7) is 4.84. The van der Waals surface area contributed by atoms with Gasteiger partial charge < -0.3 is 20.3 Å². The molecule has 1 amide bonds. The van der Waals surface area contributed by atoms with E-state index in [1.807, 2.05) is 0 Å². The normalized spacial score (nSPS) is 13.0. The van der Waals surface area contributed by atoms with Crippen LogP contribution < -0.4 is 5.32 Å². The zero-order chi connectivity index (χ0) is 42.3. The van der Waals surface area contributed by atoms with Gasteiger partial charge in [-0.15, -0.1) is 0 Å². The van der Waals surface area contributed by atoms with Gasteiger partial charge in [-0.2, -0.15) is 0 Å². The minimum Gasteiger partial charge on any atom is -0.466 e. The minimum absolute atomic E-state index is 0.0378. The molecule has 340 valence electrons. The monoisotopic (exact) mass is 816 g/mol. The van der Waals surface area contributed by atoms with Gasteiger partial charge in [0, 0.05) is 12.8 Å². The zero-order valence-corrected chi connectivity index (χ0v) is 38.5. The first-order valence-corrected chi connectivity index (χ1v) is 25.2. The molecule has 0 aromatic heterocycles. The first-order valence-electron chi connectivity index (χ1n) is 25.2. The van der Waals surface area contributed by atoms with Crippen LogP contribution in [0.4, 0.5) is 0 Å². The van der Waals surface area contributed by atoms with Crippen LogP contribution in [-0.2, 0) is 14.3 Å². The fourth-order valence-corrected chi connectivity index (χ4v) is 7.47. The van der Waals surface area contributed by atoms with E-state index in [-0.39, 0.29) is 18.5 Å². The fourth-order valence-electron chi connectivity index (χ4n) is 7.47. The molecule has 6 heteroatoms. The van der Waals surface area contributed by atoms with Gasteiger partial charge in [0.05, 0.1) is 25.4 Å². The SMILES string of the molecule is CCCC/C=C\C/C=C\CCCCCCCC(=O)OCCCCC/C=C\CCCCCCCC(=O)NC(CO)C(O)CCCCCCCCCCCCCCCCC. The van der Waals surface area contributed by atoms with Crippen LogP contribution in [0.1, 0.15) is 258 Å². The average molecular weight is 816 g/mol. The second-order valence-electron chi connectivity index (χ2n) is 17.1. The van der Waals surface area contributed by atoms with E-state index in [2.05, 4.69) is 55.6 Å². The molecule has 58 heavy (non-hydrogen) atoms. The van der Waals surface area contributed by atoms with Crippen LogP contribution in [0.3, 0.4) is 0 Å². The largest absolute Gasteiger partial charge is 0.466 e. The van der Waals surface area contributed by atoms with E-state index < -0.39 is 12.1 Å². The summed E-state index contributed by atoms with van der Waals surface area (Å²) in [5.41, 5.74) is 0. The Morgan fingerprint density at radius 2 is 0.879 bits per heavy atom. The van der Waals surface area contributed by atoms with Crippen LogP contribution >= 0.6 is 0 Å². The molecule has 0 aromatic rings. The molecule has 0 spiro atoms. The number of hydrogen-bond donors (Lipinski definition) is 3. The highest BCUT2D eigenvalue weighted by molar-refractivity contribution is 5.76. The van der Waals surface area contributed by atoms with Gasteiger partial charge in [0.2, 0.25) is 5.91 Å². The lowest BCUT2D eigenvalue weighted by Gasteiger charge is -2.22. The number of aliphatic hydroxyl groups is 2. The van der Waals surface area contributed by atoms with Crippen molar-refractivity contribution in [2.24, 2.45) is 0 Å². The maximum absolute atomic E-state index is 12.4. The van der Waals surface area contributed by atoms with E-state index >= 15 is 0 Å². The second-order valence-corrected chi connectivity index (χ2v) is 17.1. The molecule has 2 unspecified atom stereocenters. The Morgan fingerprint density at radius 3 is 1.38 bits per heavy atom. The molecule has 0 aromatic carbocycles. The summed E-state index contributed by atoms with van der Waals surface area (Å²) in [5.74, 6) is -0.0999. The summed E-state index contributed by atoms with van der Waals surface area (Å²) in [4.78, 5) is 24.4. The van der Waals surface area contributed by atoms with E-state index in [4.69, 9.17) is 4.74 Å². The zero-order valence-electron chi connectivity index (χ0n) is 38.5. The summed E-state index contributed by atoms with van der Waals surface area (Å²) >= 11 is 0. The topological polar surface area (TPSA) is 95.9 Å². The summed E-state index contributed by atoms with van der Waals surface area (Å²) < 4.78 is 5.43. The number of carbonyl (C=O) groups is 2. The molecule has 0 aliphatic heterocycles. The minimum atomic E-state index is -0.681. The summed E-state index contributed by atoms with van der Waals surface area (Å²) in [5, 5.41) is 23.2. The smallest absolute Gasteiger partial charge is 0.305 e.